The Kier molecular flexibility index (Phi) is 12.8. The SMILES string of the molecule is CC(C)CN1C(=O)C(F)(F)N(CB([O-])[O-])CC1F.[K+].[K+]. The Balaban J connectivity index is 0. The zero-order valence-corrected chi connectivity index (χ0v) is 18.4. The first-order valence-corrected chi connectivity index (χ1v) is 5.56. The largest absolute Gasteiger partial charge is 1.00 e. The number of carbonyl (C=O) groups excluding carboxylic acids is 1. The minimum absolute atomic E-state index is 0. The van der Waals surface area contributed by atoms with Crippen LogP contribution in [0.3, 0.4) is 0 Å². The van der Waals surface area contributed by atoms with Gasteiger partial charge in [-0.2, -0.15) is 8.78 Å². The first kappa shape index (κ1) is 24.7. The Hall–Kier alpha value is 2.48. The van der Waals surface area contributed by atoms with Gasteiger partial charge in [0.1, 0.15) is 0 Å². The molecule has 20 heavy (non-hydrogen) atoms. The molecule has 1 amide bonds. The van der Waals surface area contributed by atoms with Gasteiger partial charge in [0.25, 0.3) is 0 Å². The van der Waals surface area contributed by atoms with E-state index in [9.17, 15) is 28.0 Å². The van der Waals surface area contributed by atoms with Gasteiger partial charge in [-0.25, -0.2) is 9.29 Å². The minimum atomic E-state index is -4.00. The molecule has 1 atom stereocenters. The van der Waals surface area contributed by atoms with E-state index < -0.39 is 38.4 Å². The van der Waals surface area contributed by atoms with Crippen molar-refractivity contribution in [1.82, 2.24) is 9.80 Å². The van der Waals surface area contributed by atoms with E-state index in [0.717, 1.165) is 0 Å². The molecule has 1 heterocycles. The summed E-state index contributed by atoms with van der Waals surface area (Å²) in [4.78, 5) is 11.9. The Labute approximate surface area is 201 Å². The van der Waals surface area contributed by atoms with Gasteiger partial charge in [0.05, 0.1) is 6.54 Å². The van der Waals surface area contributed by atoms with Crippen LogP contribution in [0.4, 0.5) is 13.2 Å². The molecule has 5 nitrogen and oxygen atoms in total. The van der Waals surface area contributed by atoms with Crippen molar-refractivity contribution in [2.45, 2.75) is 26.2 Å². The summed E-state index contributed by atoms with van der Waals surface area (Å²) in [6, 6.07) is -4.00. The molecule has 0 spiro atoms. The fraction of sp³-hybridized carbons (Fsp3) is 0.889. The summed E-state index contributed by atoms with van der Waals surface area (Å²) in [5.41, 5.74) is 0. The van der Waals surface area contributed by atoms with Gasteiger partial charge in [-0.05, 0) is 5.92 Å². The zero-order valence-electron chi connectivity index (χ0n) is 12.1. The summed E-state index contributed by atoms with van der Waals surface area (Å²) in [5.74, 6) is -1.86. The molecule has 0 aliphatic carbocycles. The molecule has 1 fully saturated rings. The number of amides is 1. The van der Waals surface area contributed by atoms with Crippen LogP contribution in [0.5, 0.6) is 0 Å². The van der Waals surface area contributed by atoms with E-state index in [2.05, 4.69) is 0 Å². The number of nitrogens with zero attached hydrogens (tertiary/aromatic N) is 2. The number of hydrogen-bond acceptors (Lipinski definition) is 4. The van der Waals surface area contributed by atoms with Crippen LogP contribution in [0.25, 0.3) is 0 Å². The van der Waals surface area contributed by atoms with Gasteiger partial charge in [0.15, 0.2) is 6.30 Å². The Morgan fingerprint density at radius 3 is 2.30 bits per heavy atom. The van der Waals surface area contributed by atoms with E-state index in [1.54, 1.807) is 13.8 Å². The van der Waals surface area contributed by atoms with Crippen molar-refractivity contribution in [2.75, 3.05) is 19.5 Å². The number of carbonyl (C=O) groups is 1. The first-order chi connectivity index (χ1) is 8.16. The molecule has 0 radical (unpaired) electrons. The Morgan fingerprint density at radius 2 is 1.90 bits per heavy atom. The third-order valence-corrected chi connectivity index (χ3v) is 2.56. The summed E-state index contributed by atoms with van der Waals surface area (Å²) in [5, 5.41) is 20.8. The van der Waals surface area contributed by atoms with Gasteiger partial charge in [0, 0.05) is 6.54 Å². The fourth-order valence-electron chi connectivity index (χ4n) is 1.79. The molecular weight excluding hydrogens is 330 g/mol. The van der Waals surface area contributed by atoms with Crippen LogP contribution in [0.2, 0.25) is 0 Å². The van der Waals surface area contributed by atoms with Gasteiger partial charge in [-0.1, -0.05) is 27.4 Å². The van der Waals surface area contributed by atoms with Crippen LogP contribution in [0.1, 0.15) is 13.8 Å². The second-order valence-electron chi connectivity index (χ2n) is 4.66. The summed E-state index contributed by atoms with van der Waals surface area (Å²) >= 11 is 0. The van der Waals surface area contributed by atoms with Crippen molar-refractivity contribution in [3.05, 3.63) is 0 Å². The summed E-state index contributed by atoms with van der Waals surface area (Å²) < 4.78 is 40.8. The van der Waals surface area contributed by atoms with Crippen LogP contribution in [-0.2, 0) is 4.79 Å². The number of rotatable bonds is 4. The van der Waals surface area contributed by atoms with Crippen molar-refractivity contribution in [1.29, 1.82) is 0 Å². The van der Waals surface area contributed by atoms with Crippen molar-refractivity contribution < 1.29 is 131 Å². The quantitative estimate of drug-likeness (QED) is 0.375. The molecule has 11 heteroatoms. The maximum absolute atomic E-state index is 13.6. The molecule has 1 unspecified atom stereocenters. The second-order valence-corrected chi connectivity index (χ2v) is 4.66. The molecule has 0 aromatic heterocycles. The van der Waals surface area contributed by atoms with Crippen LogP contribution < -0.4 is 113 Å². The van der Waals surface area contributed by atoms with Gasteiger partial charge in [-0.3, -0.25) is 4.79 Å². The van der Waals surface area contributed by atoms with E-state index in [1.165, 1.54) is 0 Å². The predicted octanol–water partition coefficient (Wildman–Crippen LogP) is -7.57. The van der Waals surface area contributed by atoms with E-state index in [0.29, 0.717) is 4.90 Å². The maximum atomic E-state index is 13.6. The zero-order chi connectivity index (χ0) is 14.1. The molecular formula is C9H14BF3K2N2O3. The molecule has 0 saturated carbocycles. The van der Waals surface area contributed by atoms with Crippen LogP contribution >= 0.6 is 0 Å². The third-order valence-electron chi connectivity index (χ3n) is 2.56. The van der Waals surface area contributed by atoms with E-state index in [-0.39, 0.29) is 120 Å². The van der Waals surface area contributed by atoms with Gasteiger partial charge in [-0.15, -0.1) is 0 Å². The van der Waals surface area contributed by atoms with E-state index in [1.807, 2.05) is 0 Å². The summed E-state index contributed by atoms with van der Waals surface area (Å²) in [6.07, 6.45) is -3.03. The van der Waals surface area contributed by atoms with Crippen LogP contribution in [-0.4, -0.2) is 54.7 Å². The van der Waals surface area contributed by atoms with Crippen molar-refractivity contribution >= 4 is 13.0 Å². The normalized spacial score (nSPS) is 22.3. The standard InChI is InChI=1S/C9H14BF3N2O3.2K/c1-6(2)3-15-7(11)4-14(5-10(17)18)9(12,13)8(15)16;;/h6-7H,3-5H2,1-2H3;;/q-2;2*+1. The molecule has 0 aromatic rings. The minimum Gasteiger partial charge on any atom is -0.892 e. The van der Waals surface area contributed by atoms with E-state index >= 15 is 0 Å². The third kappa shape index (κ3) is 6.54. The van der Waals surface area contributed by atoms with Gasteiger partial charge in [0.2, 0.25) is 0 Å². The topological polar surface area (TPSA) is 69.7 Å². The van der Waals surface area contributed by atoms with Crippen molar-refractivity contribution in [3.8, 4) is 0 Å². The smallest absolute Gasteiger partial charge is 0.892 e. The van der Waals surface area contributed by atoms with Gasteiger partial charge >= 0.3 is 115 Å². The van der Waals surface area contributed by atoms with Gasteiger partial charge < -0.3 is 14.9 Å². The molecule has 1 rings (SSSR count). The first-order valence-electron chi connectivity index (χ1n) is 5.56. The average molecular weight is 344 g/mol. The molecule has 104 valence electrons. The monoisotopic (exact) mass is 344 g/mol. The Bertz CT molecular complexity index is 327. The molecule has 0 N–H and O–H groups in total. The average Bonchev–Trinajstić information content (AvgIpc) is 2.21. The summed E-state index contributed by atoms with van der Waals surface area (Å²) in [7, 11) is -2.55. The second kappa shape index (κ2) is 10.4. The fourth-order valence-corrected chi connectivity index (χ4v) is 1.79. The number of alkyl halides is 3. The molecule has 0 bridgehead atoms. The van der Waals surface area contributed by atoms with Crippen LogP contribution in [0.15, 0.2) is 0 Å². The number of hydrogen-bond donors (Lipinski definition) is 0. The molecule has 0 aromatic carbocycles. The number of piperazine rings is 1. The molecule has 1 aliphatic heterocycles. The molecule has 1 saturated heterocycles. The summed E-state index contributed by atoms with van der Waals surface area (Å²) in [6.45, 7) is 2.36. The number of halogens is 3. The molecule has 1 aliphatic rings. The predicted molar refractivity (Wildman–Crippen MR) is 53.7 cm³/mol. The van der Waals surface area contributed by atoms with Crippen LogP contribution in [0, 0.1) is 5.92 Å². The van der Waals surface area contributed by atoms with E-state index in [4.69, 9.17) is 0 Å². The maximum Gasteiger partial charge on any atom is 1.00 e. The van der Waals surface area contributed by atoms with Crippen molar-refractivity contribution in [3.63, 3.8) is 0 Å². The van der Waals surface area contributed by atoms with Crippen molar-refractivity contribution in [2.24, 2.45) is 5.92 Å². The Morgan fingerprint density at radius 1 is 1.40 bits per heavy atom.